The van der Waals surface area contributed by atoms with E-state index in [-0.39, 0.29) is 5.91 Å². The Bertz CT molecular complexity index is 896. The number of likely N-dealkylation sites (tertiary alicyclic amines) is 1. The van der Waals surface area contributed by atoms with Gasteiger partial charge in [0.15, 0.2) is 10.9 Å². The van der Waals surface area contributed by atoms with E-state index in [0.29, 0.717) is 10.9 Å². The molecular formula is C18H19N3O3S. The van der Waals surface area contributed by atoms with Gasteiger partial charge in [0.1, 0.15) is 11.5 Å². The summed E-state index contributed by atoms with van der Waals surface area (Å²) in [7, 11) is 1.63. The van der Waals surface area contributed by atoms with Crippen molar-refractivity contribution in [3.8, 4) is 5.75 Å². The number of aromatic nitrogens is 1. The molecule has 1 saturated heterocycles. The van der Waals surface area contributed by atoms with Crippen LogP contribution >= 0.6 is 11.3 Å². The Morgan fingerprint density at radius 1 is 1.32 bits per heavy atom. The fourth-order valence-electron chi connectivity index (χ4n) is 2.99. The molecule has 0 bridgehead atoms. The van der Waals surface area contributed by atoms with E-state index in [4.69, 9.17) is 9.15 Å². The number of rotatable bonds is 5. The predicted octanol–water partition coefficient (Wildman–Crippen LogP) is 3.75. The first-order valence-corrected chi connectivity index (χ1v) is 9.10. The number of nitrogens with zero attached hydrogens (tertiary/aromatic N) is 2. The number of ether oxygens (including phenoxy) is 1. The minimum atomic E-state index is -0.279. The molecule has 1 amide bonds. The van der Waals surface area contributed by atoms with Crippen molar-refractivity contribution in [1.82, 2.24) is 9.88 Å². The van der Waals surface area contributed by atoms with Gasteiger partial charge in [-0.3, -0.25) is 15.0 Å². The summed E-state index contributed by atoms with van der Waals surface area (Å²) in [4.78, 5) is 19.1. The van der Waals surface area contributed by atoms with Crippen molar-refractivity contribution in [3.63, 3.8) is 0 Å². The molecule has 0 aliphatic carbocycles. The number of hydrogen-bond acceptors (Lipinski definition) is 6. The van der Waals surface area contributed by atoms with Crippen LogP contribution in [0, 0.1) is 0 Å². The number of benzene rings is 1. The molecule has 2 aromatic heterocycles. The first-order chi connectivity index (χ1) is 12.2. The lowest BCUT2D eigenvalue weighted by molar-refractivity contribution is 0.0993. The first kappa shape index (κ1) is 16.1. The van der Waals surface area contributed by atoms with Crippen LogP contribution in [0.4, 0.5) is 5.13 Å². The molecule has 0 saturated carbocycles. The average Bonchev–Trinajstić information content (AvgIpc) is 3.34. The second kappa shape index (κ2) is 6.85. The third kappa shape index (κ3) is 3.52. The summed E-state index contributed by atoms with van der Waals surface area (Å²) in [6, 6.07) is 9.23. The highest BCUT2D eigenvalue weighted by atomic mass is 32.1. The summed E-state index contributed by atoms with van der Waals surface area (Å²) in [5, 5.41) is 3.36. The van der Waals surface area contributed by atoms with Crippen molar-refractivity contribution in [2.24, 2.45) is 0 Å². The molecule has 1 fully saturated rings. The lowest BCUT2D eigenvalue weighted by Gasteiger charge is -2.11. The molecule has 1 aliphatic rings. The highest BCUT2D eigenvalue weighted by molar-refractivity contribution is 7.22. The van der Waals surface area contributed by atoms with E-state index in [1.54, 1.807) is 13.2 Å². The molecule has 1 aliphatic heterocycles. The topological polar surface area (TPSA) is 67.6 Å². The molecule has 0 atom stereocenters. The summed E-state index contributed by atoms with van der Waals surface area (Å²) in [5.74, 6) is 1.62. The van der Waals surface area contributed by atoms with Crippen molar-refractivity contribution in [3.05, 3.63) is 41.9 Å². The SMILES string of the molecule is COc1ccc2nc(NC(=O)c3ccc(CN4CCCC4)o3)sc2c1. The number of fused-ring (bicyclic) bond motifs is 1. The molecular weight excluding hydrogens is 338 g/mol. The Kier molecular flexibility index (Phi) is 4.42. The molecule has 25 heavy (non-hydrogen) atoms. The third-order valence-corrected chi connectivity index (χ3v) is 5.21. The number of nitrogens with one attached hydrogen (secondary N) is 1. The standard InChI is InChI=1S/C18H19N3O3S/c1-23-12-4-6-14-16(10-12)25-18(19-14)20-17(22)15-7-5-13(24-15)11-21-8-2-3-9-21/h4-7,10H,2-3,8-9,11H2,1H3,(H,19,20,22). The second-order valence-electron chi connectivity index (χ2n) is 6.06. The highest BCUT2D eigenvalue weighted by Crippen LogP contribution is 2.29. The van der Waals surface area contributed by atoms with Crippen LogP contribution in [0.2, 0.25) is 0 Å². The highest BCUT2D eigenvalue weighted by Gasteiger charge is 2.17. The van der Waals surface area contributed by atoms with Crippen molar-refractivity contribution < 1.29 is 13.9 Å². The number of amides is 1. The van der Waals surface area contributed by atoms with Gasteiger partial charge in [-0.05, 0) is 56.3 Å². The number of hydrogen-bond donors (Lipinski definition) is 1. The van der Waals surface area contributed by atoms with Gasteiger partial charge in [-0.1, -0.05) is 11.3 Å². The number of thiazole rings is 1. The monoisotopic (exact) mass is 357 g/mol. The number of furan rings is 1. The maximum Gasteiger partial charge on any atom is 0.293 e. The van der Waals surface area contributed by atoms with E-state index in [2.05, 4.69) is 15.2 Å². The molecule has 6 nitrogen and oxygen atoms in total. The average molecular weight is 357 g/mol. The number of anilines is 1. The molecule has 0 spiro atoms. The quantitative estimate of drug-likeness (QED) is 0.753. The van der Waals surface area contributed by atoms with Gasteiger partial charge in [0, 0.05) is 0 Å². The Labute approximate surface area is 149 Å². The smallest absolute Gasteiger partial charge is 0.293 e. The number of carbonyl (C=O) groups excluding carboxylic acids is 1. The first-order valence-electron chi connectivity index (χ1n) is 8.28. The Morgan fingerprint density at radius 2 is 2.16 bits per heavy atom. The molecule has 7 heteroatoms. The predicted molar refractivity (Wildman–Crippen MR) is 97.3 cm³/mol. The minimum Gasteiger partial charge on any atom is -0.497 e. The summed E-state index contributed by atoms with van der Waals surface area (Å²) < 4.78 is 11.9. The van der Waals surface area contributed by atoms with Gasteiger partial charge in [0.2, 0.25) is 0 Å². The van der Waals surface area contributed by atoms with Crippen molar-refractivity contribution in [2.75, 3.05) is 25.5 Å². The van der Waals surface area contributed by atoms with E-state index < -0.39 is 0 Å². The van der Waals surface area contributed by atoms with Gasteiger partial charge in [-0.2, -0.15) is 0 Å². The normalized spacial score (nSPS) is 14.9. The Hall–Kier alpha value is -2.38. The van der Waals surface area contributed by atoms with E-state index in [1.807, 2.05) is 24.3 Å². The van der Waals surface area contributed by atoms with Crippen LogP contribution in [-0.4, -0.2) is 36.0 Å². The van der Waals surface area contributed by atoms with Gasteiger partial charge in [-0.15, -0.1) is 0 Å². The zero-order valence-electron chi connectivity index (χ0n) is 13.9. The van der Waals surface area contributed by atoms with Crippen LogP contribution in [0.3, 0.4) is 0 Å². The van der Waals surface area contributed by atoms with Crippen LogP contribution in [0.1, 0.15) is 29.2 Å². The second-order valence-corrected chi connectivity index (χ2v) is 7.09. The molecule has 3 heterocycles. The lowest BCUT2D eigenvalue weighted by Crippen LogP contribution is -2.18. The number of methoxy groups -OCH3 is 1. The molecule has 0 radical (unpaired) electrons. The molecule has 130 valence electrons. The molecule has 4 rings (SSSR count). The molecule has 1 N–H and O–H groups in total. The Morgan fingerprint density at radius 3 is 2.96 bits per heavy atom. The molecule has 3 aromatic rings. The zero-order valence-corrected chi connectivity index (χ0v) is 14.8. The fraction of sp³-hybridized carbons (Fsp3) is 0.333. The van der Waals surface area contributed by atoms with Crippen molar-refractivity contribution in [2.45, 2.75) is 19.4 Å². The van der Waals surface area contributed by atoms with E-state index in [1.165, 1.54) is 24.2 Å². The summed E-state index contributed by atoms with van der Waals surface area (Å²) in [5.41, 5.74) is 0.829. The summed E-state index contributed by atoms with van der Waals surface area (Å²) in [6.45, 7) is 2.95. The van der Waals surface area contributed by atoms with Gasteiger partial charge in [0.25, 0.3) is 5.91 Å². The molecule has 0 unspecified atom stereocenters. The van der Waals surface area contributed by atoms with E-state index >= 15 is 0 Å². The fourth-order valence-corrected chi connectivity index (χ4v) is 3.88. The van der Waals surface area contributed by atoms with Crippen LogP contribution in [0.25, 0.3) is 10.2 Å². The van der Waals surface area contributed by atoms with E-state index in [0.717, 1.165) is 41.4 Å². The van der Waals surface area contributed by atoms with E-state index in [9.17, 15) is 4.79 Å². The minimum absolute atomic E-state index is 0.279. The maximum atomic E-state index is 12.4. The molecule has 1 aromatic carbocycles. The summed E-state index contributed by atoms with van der Waals surface area (Å²) >= 11 is 1.41. The Balaban J connectivity index is 1.45. The number of carbonyl (C=O) groups is 1. The largest absolute Gasteiger partial charge is 0.497 e. The van der Waals surface area contributed by atoms with Crippen molar-refractivity contribution in [1.29, 1.82) is 0 Å². The van der Waals surface area contributed by atoms with Gasteiger partial charge in [-0.25, -0.2) is 4.98 Å². The third-order valence-electron chi connectivity index (χ3n) is 4.28. The van der Waals surface area contributed by atoms with Crippen molar-refractivity contribution >= 4 is 32.6 Å². The summed E-state index contributed by atoms with van der Waals surface area (Å²) in [6.07, 6.45) is 2.47. The van der Waals surface area contributed by atoms with Crippen LogP contribution < -0.4 is 10.1 Å². The zero-order chi connectivity index (χ0) is 17.2. The maximum absolute atomic E-state index is 12.4. The lowest BCUT2D eigenvalue weighted by atomic mass is 10.3. The van der Waals surface area contributed by atoms with Gasteiger partial charge < -0.3 is 9.15 Å². The van der Waals surface area contributed by atoms with Crippen LogP contribution in [-0.2, 0) is 6.54 Å². The van der Waals surface area contributed by atoms with Gasteiger partial charge in [0.05, 0.1) is 23.9 Å². The van der Waals surface area contributed by atoms with Gasteiger partial charge >= 0.3 is 0 Å². The van der Waals surface area contributed by atoms with Crippen LogP contribution in [0.5, 0.6) is 5.75 Å². The van der Waals surface area contributed by atoms with Crippen LogP contribution in [0.15, 0.2) is 34.7 Å².